The van der Waals surface area contributed by atoms with Crippen LogP contribution in [0, 0.1) is 46.4 Å². The minimum Gasteiger partial charge on any atom is -0.460 e. The van der Waals surface area contributed by atoms with E-state index in [0.29, 0.717) is 0 Å². The number of carbonyl (C=O) groups is 2. The third kappa shape index (κ3) is 4.84. The fraction of sp³-hybridized carbons (Fsp3) is 0.389. The van der Waals surface area contributed by atoms with Crippen molar-refractivity contribution in [2.45, 2.75) is 33.0 Å². The third-order valence-corrected chi connectivity index (χ3v) is 3.77. The maximum atomic E-state index is 13.5. The molecule has 0 unspecified atom stereocenters. The highest BCUT2D eigenvalue weighted by Gasteiger charge is 2.43. The second kappa shape index (κ2) is 8.20. The fourth-order valence-corrected chi connectivity index (χ4v) is 2.31. The van der Waals surface area contributed by atoms with E-state index in [1.165, 1.54) is 6.08 Å². The molecule has 0 aliphatic heterocycles. The maximum Gasteiger partial charge on any atom is 0.348 e. The number of hydrogen-bond acceptors (Lipinski definition) is 5. The zero-order valence-electron chi connectivity index (χ0n) is 14.4. The van der Waals surface area contributed by atoms with E-state index in [2.05, 4.69) is 0 Å². The van der Waals surface area contributed by atoms with Crippen molar-refractivity contribution < 1.29 is 36.6 Å². The SMILES string of the molecule is CC(C)OC(=O)/C(C#N)=C/[C@@H]1C[C@H]1C(=O)OCc1c(F)c(F)cc(F)c1F. The number of allylic oxidation sites excluding steroid dienone is 1. The molecular weight excluding hydrogens is 370 g/mol. The lowest BCUT2D eigenvalue weighted by Gasteiger charge is -2.08. The second-order valence-electron chi connectivity index (χ2n) is 6.21. The van der Waals surface area contributed by atoms with Crippen molar-refractivity contribution in [3.05, 3.63) is 46.5 Å². The number of hydrogen-bond donors (Lipinski definition) is 0. The second-order valence-corrected chi connectivity index (χ2v) is 6.21. The zero-order valence-corrected chi connectivity index (χ0v) is 14.4. The molecule has 0 radical (unpaired) electrons. The van der Waals surface area contributed by atoms with E-state index in [1.807, 2.05) is 0 Å². The molecule has 27 heavy (non-hydrogen) atoms. The lowest BCUT2D eigenvalue weighted by atomic mass is 10.2. The predicted octanol–water partition coefficient (Wildman–Crippen LogP) is 3.32. The Morgan fingerprint density at radius 3 is 2.37 bits per heavy atom. The molecule has 0 heterocycles. The average molecular weight is 385 g/mol. The van der Waals surface area contributed by atoms with Gasteiger partial charge in [-0.1, -0.05) is 6.08 Å². The normalized spacial score (nSPS) is 18.8. The van der Waals surface area contributed by atoms with Gasteiger partial charge in [0.25, 0.3) is 0 Å². The summed E-state index contributed by atoms with van der Waals surface area (Å²) in [6.07, 6.45) is 1.09. The first kappa shape index (κ1) is 20.4. The number of carbonyl (C=O) groups excluding carboxylic acids is 2. The van der Waals surface area contributed by atoms with Crippen molar-refractivity contribution in [2.24, 2.45) is 11.8 Å². The minimum absolute atomic E-state index is 0.0529. The monoisotopic (exact) mass is 385 g/mol. The standard InChI is InChI=1S/C18H15F4NO4/c1-8(2)27-17(24)10(6-23)3-9-4-11(9)18(25)26-7-12-15(21)13(19)5-14(20)16(12)22/h3,5,8-9,11H,4,7H2,1-2H3/b10-3+/t9-,11-/m1/s1. The van der Waals surface area contributed by atoms with Crippen LogP contribution in [0.5, 0.6) is 0 Å². The number of benzene rings is 1. The molecule has 0 bridgehead atoms. The highest BCUT2D eigenvalue weighted by molar-refractivity contribution is 5.93. The van der Waals surface area contributed by atoms with Gasteiger partial charge in [0.2, 0.25) is 0 Å². The number of halogens is 4. The quantitative estimate of drug-likeness (QED) is 0.247. The summed E-state index contributed by atoms with van der Waals surface area (Å²) in [5.41, 5.74) is -1.31. The Hall–Kier alpha value is -2.89. The molecule has 1 aliphatic carbocycles. The van der Waals surface area contributed by atoms with Gasteiger partial charge in [0.15, 0.2) is 23.3 Å². The van der Waals surface area contributed by atoms with Gasteiger partial charge >= 0.3 is 11.9 Å². The molecule has 0 spiro atoms. The molecular formula is C18H15F4NO4. The Balaban J connectivity index is 1.99. The van der Waals surface area contributed by atoms with Gasteiger partial charge in [0.1, 0.15) is 18.2 Å². The van der Waals surface area contributed by atoms with Gasteiger partial charge in [-0.3, -0.25) is 4.79 Å². The van der Waals surface area contributed by atoms with E-state index in [9.17, 15) is 27.2 Å². The Labute approximate surface area is 152 Å². The summed E-state index contributed by atoms with van der Waals surface area (Å²) in [7, 11) is 0. The first-order valence-corrected chi connectivity index (χ1v) is 7.97. The van der Waals surface area contributed by atoms with Gasteiger partial charge in [-0.05, 0) is 26.2 Å². The smallest absolute Gasteiger partial charge is 0.348 e. The van der Waals surface area contributed by atoms with Crippen molar-refractivity contribution in [1.29, 1.82) is 5.26 Å². The summed E-state index contributed by atoms with van der Waals surface area (Å²) in [6, 6.07) is 1.73. The highest BCUT2D eigenvalue weighted by Crippen LogP contribution is 2.41. The van der Waals surface area contributed by atoms with Gasteiger partial charge in [0.05, 0.1) is 17.6 Å². The summed E-state index contributed by atoms with van der Waals surface area (Å²) in [5, 5.41) is 8.99. The minimum atomic E-state index is -1.64. The van der Waals surface area contributed by atoms with Gasteiger partial charge < -0.3 is 9.47 Å². The van der Waals surface area contributed by atoms with Crippen LogP contribution in [0.2, 0.25) is 0 Å². The van der Waals surface area contributed by atoms with E-state index >= 15 is 0 Å². The van der Waals surface area contributed by atoms with Gasteiger partial charge in [-0.25, -0.2) is 22.4 Å². The summed E-state index contributed by atoms with van der Waals surface area (Å²) < 4.78 is 62.9. The molecule has 1 aromatic rings. The fourth-order valence-electron chi connectivity index (χ4n) is 2.31. The lowest BCUT2D eigenvalue weighted by Crippen LogP contribution is -2.14. The van der Waals surface area contributed by atoms with Crippen molar-refractivity contribution in [2.75, 3.05) is 0 Å². The molecule has 2 rings (SSSR count). The lowest BCUT2D eigenvalue weighted by molar-refractivity contribution is -0.147. The van der Waals surface area contributed by atoms with Crippen LogP contribution in [-0.4, -0.2) is 18.0 Å². The number of nitrogens with zero attached hydrogens (tertiary/aromatic N) is 1. The van der Waals surface area contributed by atoms with E-state index in [1.54, 1.807) is 19.9 Å². The van der Waals surface area contributed by atoms with Crippen LogP contribution >= 0.6 is 0 Å². The van der Waals surface area contributed by atoms with Gasteiger partial charge in [0, 0.05) is 6.07 Å². The summed E-state index contributed by atoms with van der Waals surface area (Å²) in [6.45, 7) is 2.23. The maximum absolute atomic E-state index is 13.5. The Bertz CT molecular complexity index is 818. The number of rotatable bonds is 6. The van der Waals surface area contributed by atoms with Crippen LogP contribution in [0.1, 0.15) is 25.8 Å². The molecule has 0 amide bonds. The molecule has 1 fully saturated rings. The Morgan fingerprint density at radius 1 is 1.26 bits per heavy atom. The molecule has 1 aromatic carbocycles. The van der Waals surface area contributed by atoms with Crippen molar-refractivity contribution in [3.63, 3.8) is 0 Å². The number of nitriles is 1. The van der Waals surface area contributed by atoms with Crippen LogP contribution in [0.15, 0.2) is 17.7 Å². The molecule has 1 aliphatic rings. The molecule has 0 aromatic heterocycles. The van der Waals surface area contributed by atoms with Crippen molar-refractivity contribution in [1.82, 2.24) is 0 Å². The van der Waals surface area contributed by atoms with Crippen molar-refractivity contribution >= 4 is 11.9 Å². The van der Waals surface area contributed by atoms with Crippen LogP contribution in [0.25, 0.3) is 0 Å². The largest absolute Gasteiger partial charge is 0.460 e. The first-order chi connectivity index (χ1) is 12.6. The number of ether oxygens (including phenoxy) is 2. The molecule has 9 heteroatoms. The number of esters is 2. The van der Waals surface area contributed by atoms with Crippen LogP contribution in [-0.2, 0) is 25.7 Å². The summed E-state index contributed by atoms with van der Waals surface area (Å²) >= 11 is 0. The van der Waals surface area contributed by atoms with Gasteiger partial charge in [-0.15, -0.1) is 0 Å². The molecule has 144 valence electrons. The molecule has 0 saturated heterocycles. The van der Waals surface area contributed by atoms with E-state index in [-0.39, 0.29) is 18.1 Å². The topological polar surface area (TPSA) is 76.4 Å². The Kier molecular flexibility index (Phi) is 6.20. The average Bonchev–Trinajstić information content (AvgIpc) is 3.36. The Morgan fingerprint density at radius 2 is 1.85 bits per heavy atom. The first-order valence-electron chi connectivity index (χ1n) is 7.97. The summed E-state index contributed by atoms with van der Waals surface area (Å²) in [4.78, 5) is 23.6. The zero-order chi connectivity index (χ0) is 20.3. The predicted molar refractivity (Wildman–Crippen MR) is 82.6 cm³/mol. The van der Waals surface area contributed by atoms with E-state index in [0.717, 1.165) is 0 Å². The summed E-state index contributed by atoms with van der Waals surface area (Å²) in [5.74, 6) is -9.39. The molecule has 5 nitrogen and oxygen atoms in total. The van der Waals surface area contributed by atoms with Crippen molar-refractivity contribution in [3.8, 4) is 6.07 Å². The molecule has 1 saturated carbocycles. The van der Waals surface area contributed by atoms with Crippen LogP contribution in [0.3, 0.4) is 0 Å². The van der Waals surface area contributed by atoms with Crippen LogP contribution in [0.4, 0.5) is 17.6 Å². The van der Waals surface area contributed by atoms with Crippen LogP contribution < -0.4 is 0 Å². The highest BCUT2D eigenvalue weighted by atomic mass is 19.2. The molecule has 0 N–H and O–H groups in total. The van der Waals surface area contributed by atoms with E-state index < -0.39 is 65.3 Å². The molecule has 2 atom stereocenters. The van der Waals surface area contributed by atoms with E-state index in [4.69, 9.17) is 14.7 Å². The van der Waals surface area contributed by atoms with Gasteiger partial charge in [-0.2, -0.15) is 5.26 Å². The third-order valence-electron chi connectivity index (χ3n) is 3.77.